The van der Waals surface area contributed by atoms with Crippen molar-refractivity contribution in [1.29, 1.82) is 0 Å². The van der Waals surface area contributed by atoms with Gasteiger partial charge in [-0.1, -0.05) is 25.1 Å². The van der Waals surface area contributed by atoms with Gasteiger partial charge in [-0.25, -0.2) is 4.98 Å². The van der Waals surface area contributed by atoms with E-state index in [1.54, 1.807) is 25.4 Å². The Hall–Kier alpha value is -2.95. The third-order valence-corrected chi connectivity index (χ3v) is 6.39. The molecular formula is C25H29N3O2. The molecule has 0 saturated heterocycles. The monoisotopic (exact) mass is 403 g/mol. The molecule has 1 fully saturated rings. The molecule has 2 heterocycles. The number of nitrogens with zero attached hydrogens (tertiary/aromatic N) is 2. The van der Waals surface area contributed by atoms with Gasteiger partial charge in [0, 0.05) is 29.9 Å². The van der Waals surface area contributed by atoms with E-state index in [9.17, 15) is 4.79 Å². The standard InChI is InChI=1S/C25H29N3O2/c1-3-22(28-25(29)20-12-13-24(30-2)27-15-20)18-10-8-17(9-11-18)21-14-19-6-4-5-7-23(19)26-16-21/h4-7,12-18,22H,3,8-11H2,1-2H3,(H,28,29)/t17-,18-,22-/m0/s1. The van der Waals surface area contributed by atoms with Crippen molar-refractivity contribution in [3.8, 4) is 5.88 Å². The highest BCUT2D eigenvalue weighted by atomic mass is 16.5. The van der Waals surface area contributed by atoms with Gasteiger partial charge >= 0.3 is 0 Å². The molecule has 1 aliphatic carbocycles. The molecule has 156 valence electrons. The Morgan fingerprint density at radius 3 is 2.60 bits per heavy atom. The average molecular weight is 404 g/mol. The van der Waals surface area contributed by atoms with Crippen LogP contribution in [0.25, 0.3) is 10.9 Å². The number of methoxy groups -OCH3 is 1. The van der Waals surface area contributed by atoms with Crippen LogP contribution < -0.4 is 10.1 Å². The zero-order valence-corrected chi connectivity index (χ0v) is 17.7. The van der Waals surface area contributed by atoms with Crippen molar-refractivity contribution in [2.45, 2.75) is 51.0 Å². The molecule has 1 saturated carbocycles. The van der Waals surface area contributed by atoms with Gasteiger partial charge in [0.05, 0.1) is 18.2 Å². The number of hydrogen-bond acceptors (Lipinski definition) is 4. The number of carbonyl (C=O) groups excluding carboxylic acids is 1. The van der Waals surface area contributed by atoms with Crippen LogP contribution in [-0.4, -0.2) is 29.0 Å². The lowest BCUT2D eigenvalue weighted by molar-refractivity contribution is 0.0909. The Labute approximate surface area is 177 Å². The number of amides is 1. The summed E-state index contributed by atoms with van der Waals surface area (Å²) in [5, 5.41) is 4.45. The van der Waals surface area contributed by atoms with Gasteiger partial charge in [0.25, 0.3) is 5.91 Å². The lowest BCUT2D eigenvalue weighted by Gasteiger charge is -2.34. The molecule has 0 radical (unpaired) electrons. The number of aromatic nitrogens is 2. The van der Waals surface area contributed by atoms with Crippen molar-refractivity contribution in [3.05, 3.63) is 66.0 Å². The molecule has 30 heavy (non-hydrogen) atoms. The van der Waals surface area contributed by atoms with Crippen LogP contribution in [0.1, 0.15) is 60.9 Å². The molecule has 0 unspecified atom stereocenters. The van der Waals surface area contributed by atoms with Crippen molar-refractivity contribution in [2.75, 3.05) is 7.11 Å². The first-order valence-electron chi connectivity index (χ1n) is 10.8. The number of fused-ring (bicyclic) bond motifs is 1. The van der Waals surface area contributed by atoms with E-state index in [4.69, 9.17) is 4.74 Å². The van der Waals surface area contributed by atoms with Crippen LogP contribution in [0.4, 0.5) is 0 Å². The highest BCUT2D eigenvalue weighted by molar-refractivity contribution is 5.94. The van der Waals surface area contributed by atoms with Crippen molar-refractivity contribution in [2.24, 2.45) is 5.92 Å². The van der Waals surface area contributed by atoms with E-state index in [0.29, 0.717) is 23.3 Å². The number of para-hydroxylation sites is 1. The summed E-state index contributed by atoms with van der Waals surface area (Å²) < 4.78 is 5.07. The minimum atomic E-state index is -0.0575. The Morgan fingerprint density at radius 1 is 1.10 bits per heavy atom. The fourth-order valence-corrected chi connectivity index (χ4v) is 4.61. The number of ether oxygens (including phenoxy) is 1. The maximum atomic E-state index is 12.7. The van der Waals surface area contributed by atoms with Crippen molar-refractivity contribution < 1.29 is 9.53 Å². The lowest BCUT2D eigenvalue weighted by Crippen LogP contribution is -2.41. The predicted molar refractivity (Wildman–Crippen MR) is 119 cm³/mol. The van der Waals surface area contributed by atoms with Gasteiger partial charge in [-0.3, -0.25) is 9.78 Å². The van der Waals surface area contributed by atoms with E-state index in [0.717, 1.165) is 37.6 Å². The molecule has 0 aliphatic heterocycles. The summed E-state index contributed by atoms with van der Waals surface area (Å²) in [6.45, 7) is 2.15. The summed E-state index contributed by atoms with van der Waals surface area (Å²) in [6.07, 6.45) is 9.08. The number of nitrogens with one attached hydrogen (secondary N) is 1. The summed E-state index contributed by atoms with van der Waals surface area (Å²) in [7, 11) is 1.57. The molecular weight excluding hydrogens is 374 g/mol. The minimum absolute atomic E-state index is 0.0575. The van der Waals surface area contributed by atoms with Gasteiger partial charge in [-0.15, -0.1) is 0 Å². The quantitative estimate of drug-likeness (QED) is 0.620. The first-order valence-corrected chi connectivity index (χ1v) is 10.8. The summed E-state index contributed by atoms with van der Waals surface area (Å²) in [4.78, 5) is 21.4. The van der Waals surface area contributed by atoms with Gasteiger partial charge < -0.3 is 10.1 Å². The summed E-state index contributed by atoms with van der Waals surface area (Å²) in [5.74, 6) is 1.52. The largest absolute Gasteiger partial charge is 0.481 e. The van der Waals surface area contributed by atoms with Crippen LogP contribution in [0.2, 0.25) is 0 Å². The molecule has 2 aromatic heterocycles. The van der Waals surface area contributed by atoms with E-state index in [2.05, 4.69) is 46.5 Å². The third-order valence-electron chi connectivity index (χ3n) is 6.39. The van der Waals surface area contributed by atoms with Crippen LogP contribution in [0.15, 0.2) is 54.9 Å². The van der Waals surface area contributed by atoms with Crippen LogP contribution in [0, 0.1) is 5.92 Å². The third kappa shape index (κ3) is 4.45. The summed E-state index contributed by atoms with van der Waals surface area (Å²) in [5.41, 5.74) is 2.97. The predicted octanol–water partition coefficient (Wildman–Crippen LogP) is 5.12. The second-order valence-electron chi connectivity index (χ2n) is 8.15. The molecule has 0 bridgehead atoms. The van der Waals surface area contributed by atoms with Gasteiger partial charge in [-0.2, -0.15) is 0 Å². The van der Waals surface area contributed by atoms with E-state index >= 15 is 0 Å². The minimum Gasteiger partial charge on any atom is -0.481 e. The van der Waals surface area contributed by atoms with Crippen LogP contribution >= 0.6 is 0 Å². The van der Waals surface area contributed by atoms with E-state index < -0.39 is 0 Å². The van der Waals surface area contributed by atoms with Crippen LogP contribution in [0.5, 0.6) is 5.88 Å². The van der Waals surface area contributed by atoms with Gasteiger partial charge in [0.15, 0.2) is 0 Å². The number of rotatable bonds is 6. The second-order valence-corrected chi connectivity index (χ2v) is 8.15. The first-order chi connectivity index (χ1) is 14.7. The molecule has 5 nitrogen and oxygen atoms in total. The van der Waals surface area contributed by atoms with Crippen LogP contribution in [-0.2, 0) is 0 Å². The maximum absolute atomic E-state index is 12.7. The highest BCUT2D eigenvalue weighted by Gasteiger charge is 2.29. The van der Waals surface area contributed by atoms with Crippen molar-refractivity contribution >= 4 is 16.8 Å². The Bertz CT molecular complexity index is 995. The second kappa shape index (κ2) is 9.24. The average Bonchev–Trinajstić information content (AvgIpc) is 2.82. The SMILES string of the molecule is CC[C@H](NC(=O)c1ccc(OC)nc1)[C@H]1CC[C@H](c2cnc3ccccc3c2)CC1. The Balaban J connectivity index is 1.37. The lowest BCUT2D eigenvalue weighted by atomic mass is 9.75. The molecule has 0 spiro atoms. The molecule has 5 heteroatoms. The van der Waals surface area contributed by atoms with Gasteiger partial charge in [-0.05, 0) is 67.7 Å². The molecule has 4 rings (SSSR count). The van der Waals surface area contributed by atoms with Crippen molar-refractivity contribution in [1.82, 2.24) is 15.3 Å². The number of hydrogen-bond donors (Lipinski definition) is 1. The normalized spacial score (nSPS) is 19.9. The zero-order valence-electron chi connectivity index (χ0n) is 17.7. The fraction of sp³-hybridized carbons (Fsp3) is 0.400. The van der Waals surface area contributed by atoms with Gasteiger partial charge in [0.2, 0.25) is 5.88 Å². The summed E-state index contributed by atoms with van der Waals surface area (Å²) in [6, 6.07) is 14.3. The molecule has 1 N–H and O–H groups in total. The van der Waals surface area contributed by atoms with E-state index in [1.165, 1.54) is 10.9 Å². The molecule has 1 aromatic carbocycles. The Kier molecular flexibility index (Phi) is 6.26. The van der Waals surface area contributed by atoms with E-state index in [1.807, 2.05) is 12.3 Å². The zero-order chi connectivity index (χ0) is 20.9. The smallest absolute Gasteiger partial charge is 0.253 e. The highest BCUT2D eigenvalue weighted by Crippen LogP contribution is 2.38. The molecule has 1 amide bonds. The maximum Gasteiger partial charge on any atom is 0.253 e. The van der Waals surface area contributed by atoms with E-state index in [-0.39, 0.29) is 11.9 Å². The Morgan fingerprint density at radius 2 is 1.90 bits per heavy atom. The first kappa shape index (κ1) is 20.3. The molecule has 1 aliphatic rings. The van der Waals surface area contributed by atoms with Crippen molar-refractivity contribution in [3.63, 3.8) is 0 Å². The fourth-order valence-electron chi connectivity index (χ4n) is 4.61. The topological polar surface area (TPSA) is 64.1 Å². The number of carbonyl (C=O) groups is 1. The molecule has 3 aromatic rings. The summed E-state index contributed by atoms with van der Waals surface area (Å²) >= 11 is 0. The number of benzene rings is 1. The van der Waals surface area contributed by atoms with Gasteiger partial charge in [0.1, 0.15) is 0 Å². The number of pyridine rings is 2. The molecule has 1 atom stereocenters. The van der Waals surface area contributed by atoms with Crippen LogP contribution in [0.3, 0.4) is 0 Å².